The highest BCUT2D eigenvalue weighted by Crippen LogP contribution is 2.34. The summed E-state index contributed by atoms with van der Waals surface area (Å²) >= 11 is 3.06. The van der Waals surface area contributed by atoms with Crippen LogP contribution in [0.25, 0.3) is 0 Å². The lowest BCUT2D eigenvalue weighted by atomic mass is 10.2. The molecule has 0 radical (unpaired) electrons. The van der Waals surface area contributed by atoms with E-state index in [9.17, 15) is 21.6 Å². The van der Waals surface area contributed by atoms with E-state index in [-0.39, 0.29) is 13.1 Å². The topological polar surface area (TPSA) is 49.9 Å². The number of hydrogen-bond donors (Lipinski definition) is 0. The SMILES string of the molecule is O=S(=O)(c1ccc(Br)cc1OC(F)(F)F)N1CCCN(Cc2ccccc2)CC1. The molecule has 0 atom stereocenters. The van der Waals surface area contributed by atoms with Gasteiger partial charge in [0.25, 0.3) is 0 Å². The highest BCUT2D eigenvalue weighted by Gasteiger charge is 2.36. The van der Waals surface area contributed by atoms with Crippen LogP contribution in [0.5, 0.6) is 5.75 Å². The predicted octanol–water partition coefficient (Wildman–Crippen LogP) is 4.24. The second kappa shape index (κ2) is 9.03. The third kappa shape index (κ3) is 5.94. The van der Waals surface area contributed by atoms with E-state index >= 15 is 0 Å². The Morgan fingerprint density at radius 2 is 1.72 bits per heavy atom. The molecular formula is C19H20BrF3N2O3S. The molecule has 0 N–H and O–H groups in total. The number of sulfonamides is 1. The van der Waals surface area contributed by atoms with Gasteiger partial charge in [0.15, 0.2) is 5.75 Å². The van der Waals surface area contributed by atoms with Gasteiger partial charge < -0.3 is 4.74 Å². The first kappa shape index (κ1) is 22.1. The fourth-order valence-corrected chi connectivity index (χ4v) is 5.13. The summed E-state index contributed by atoms with van der Waals surface area (Å²) < 4.78 is 69.9. The van der Waals surface area contributed by atoms with Crippen LogP contribution in [-0.2, 0) is 16.6 Å². The van der Waals surface area contributed by atoms with Crippen LogP contribution < -0.4 is 4.74 Å². The van der Waals surface area contributed by atoms with Gasteiger partial charge in [0.2, 0.25) is 10.0 Å². The molecule has 3 rings (SSSR count). The van der Waals surface area contributed by atoms with Gasteiger partial charge in [-0.2, -0.15) is 4.31 Å². The lowest BCUT2D eigenvalue weighted by Gasteiger charge is -2.23. The molecule has 0 spiro atoms. The number of nitrogens with zero attached hydrogens (tertiary/aromatic N) is 2. The maximum absolute atomic E-state index is 13.1. The van der Waals surface area contributed by atoms with Gasteiger partial charge in [0.1, 0.15) is 4.90 Å². The maximum Gasteiger partial charge on any atom is 0.573 e. The van der Waals surface area contributed by atoms with Gasteiger partial charge in [-0.1, -0.05) is 46.3 Å². The first-order valence-corrected chi connectivity index (χ1v) is 11.2. The minimum absolute atomic E-state index is 0.191. The number of alkyl halides is 3. The fraction of sp³-hybridized carbons (Fsp3) is 0.368. The largest absolute Gasteiger partial charge is 0.573 e. The van der Waals surface area contributed by atoms with Crippen molar-refractivity contribution in [1.82, 2.24) is 9.21 Å². The minimum Gasteiger partial charge on any atom is -0.404 e. The summed E-state index contributed by atoms with van der Waals surface area (Å²) in [5, 5.41) is 0. The van der Waals surface area contributed by atoms with E-state index in [1.165, 1.54) is 10.4 Å². The van der Waals surface area contributed by atoms with Crippen LogP contribution in [0, 0.1) is 0 Å². The Hall–Kier alpha value is -1.62. The molecule has 29 heavy (non-hydrogen) atoms. The fourth-order valence-electron chi connectivity index (χ4n) is 3.23. The van der Waals surface area contributed by atoms with Crippen LogP contribution in [0.4, 0.5) is 13.2 Å². The number of rotatable bonds is 5. The zero-order valence-electron chi connectivity index (χ0n) is 15.4. The van der Waals surface area contributed by atoms with E-state index in [4.69, 9.17) is 0 Å². The van der Waals surface area contributed by atoms with Crippen LogP contribution in [0.15, 0.2) is 57.9 Å². The minimum atomic E-state index is -4.99. The summed E-state index contributed by atoms with van der Waals surface area (Å²) in [6, 6.07) is 13.4. The predicted molar refractivity (Wildman–Crippen MR) is 106 cm³/mol. The molecule has 1 heterocycles. The van der Waals surface area contributed by atoms with Crippen molar-refractivity contribution < 1.29 is 26.3 Å². The van der Waals surface area contributed by atoms with Crippen LogP contribution in [0.2, 0.25) is 0 Å². The van der Waals surface area contributed by atoms with Gasteiger partial charge in [0.05, 0.1) is 0 Å². The van der Waals surface area contributed by atoms with Gasteiger partial charge >= 0.3 is 6.36 Å². The van der Waals surface area contributed by atoms with Crippen molar-refractivity contribution in [2.24, 2.45) is 0 Å². The Labute approximate surface area is 176 Å². The second-order valence-corrected chi connectivity index (χ2v) is 9.48. The molecule has 0 amide bonds. The standard InChI is InChI=1S/C19H20BrF3N2O3S/c20-16-7-8-18(17(13-16)28-19(21,22)23)29(26,27)25-10-4-9-24(11-12-25)14-15-5-2-1-3-6-15/h1-3,5-8,13H,4,9-12,14H2. The normalized spacial score (nSPS) is 17.1. The van der Waals surface area contributed by atoms with E-state index < -0.39 is 27.0 Å². The van der Waals surface area contributed by atoms with E-state index in [2.05, 4.69) is 25.6 Å². The molecule has 2 aromatic carbocycles. The van der Waals surface area contributed by atoms with Gasteiger partial charge in [-0.25, -0.2) is 8.42 Å². The summed E-state index contributed by atoms with van der Waals surface area (Å²) in [5.74, 6) is -0.739. The van der Waals surface area contributed by atoms with E-state index in [1.54, 1.807) is 0 Å². The van der Waals surface area contributed by atoms with Gasteiger partial charge in [-0.05, 0) is 36.7 Å². The molecule has 0 bridgehead atoms. The highest BCUT2D eigenvalue weighted by molar-refractivity contribution is 9.10. The third-order valence-electron chi connectivity index (χ3n) is 4.55. The molecule has 158 valence electrons. The van der Waals surface area contributed by atoms with Crippen LogP contribution in [0.3, 0.4) is 0 Å². The van der Waals surface area contributed by atoms with Crippen LogP contribution >= 0.6 is 15.9 Å². The molecule has 10 heteroatoms. The summed E-state index contributed by atoms with van der Waals surface area (Å²) in [6.07, 6.45) is -4.41. The number of benzene rings is 2. The average molecular weight is 493 g/mol. The van der Waals surface area contributed by atoms with Gasteiger partial charge in [-0.15, -0.1) is 13.2 Å². The molecule has 0 unspecified atom stereocenters. The monoisotopic (exact) mass is 492 g/mol. The van der Waals surface area contributed by atoms with Crippen molar-refractivity contribution in [3.63, 3.8) is 0 Å². The van der Waals surface area contributed by atoms with Gasteiger partial charge in [-0.3, -0.25) is 4.90 Å². The highest BCUT2D eigenvalue weighted by atomic mass is 79.9. The Kier molecular flexibility index (Phi) is 6.87. The second-order valence-electron chi connectivity index (χ2n) is 6.66. The molecule has 1 aliphatic rings. The Morgan fingerprint density at radius 1 is 1.00 bits per heavy atom. The Morgan fingerprint density at radius 3 is 2.41 bits per heavy atom. The van der Waals surface area contributed by atoms with E-state index in [0.29, 0.717) is 30.5 Å². The van der Waals surface area contributed by atoms with Crippen molar-refractivity contribution in [2.75, 3.05) is 26.2 Å². The lowest BCUT2D eigenvalue weighted by Crippen LogP contribution is -2.35. The number of halogens is 4. The molecule has 1 saturated heterocycles. The Balaban J connectivity index is 1.78. The lowest BCUT2D eigenvalue weighted by molar-refractivity contribution is -0.275. The third-order valence-corrected chi connectivity index (χ3v) is 6.98. The van der Waals surface area contributed by atoms with Crippen molar-refractivity contribution >= 4 is 26.0 Å². The molecule has 0 aliphatic carbocycles. The molecule has 1 aliphatic heterocycles. The molecule has 0 saturated carbocycles. The molecular weight excluding hydrogens is 473 g/mol. The molecule has 2 aromatic rings. The van der Waals surface area contributed by atoms with Crippen molar-refractivity contribution in [2.45, 2.75) is 24.2 Å². The summed E-state index contributed by atoms with van der Waals surface area (Å²) in [4.78, 5) is 1.65. The molecule has 1 fully saturated rings. The van der Waals surface area contributed by atoms with Crippen molar-refractivity contribution in [3.8, 4) is 5.75 Å². The number of hydrogen-bond acceptors (Lipinski definition) is 4. The van der Waals surface area contributed by atoms with E-state index in [1.807, 2.05) is 30.3 Å². The summed E-state index contributed by atoms with van der Waals surface area (Å²) in [7, 11) is -4.14. The molecule has 5 nitrogen and oxygen atoms in total. The first-order chi connectivity index (χ1) is 13.6. The summed E-state index contributed by atoms with van der Waals surface area (Å²) in [5.41, 5.74) is 1.12. The molecule has 0 aromatic heterocycles. The Bertz CT molecular complexity index is 939. The summed E-state index contributed by atoms with van der Waals surface area (Å²) in [6.45, 7) is 2.30. The van der Waals surface area contributed by atoms with Crippen molar-refractivity contribution in [3.05, 3.63) is 58.6 Å². The van der Waals surface area contributed by atoms with Gasteiger partial charge in [0, 0.05) is 30.7 Å². The number of ether oxygens (including phenoxy) is 1. The average Bonchev–Trinajstić information content (AvgIpc) is 2.87. The van der Waals surface area contributed by atoms with Crippen LogP contribution in [0.1, 0.15) is 12.0 Å². The maximum atomic E-state index is 13.1. The zero-order valence-corrected chi connectivity index (χ0v) is 17.8. The smallest absolute Gasteiger partial charge is 0.404 e. The quantitative estimate of drug-likeness (QED) is 0.626. The van der Waals surface area contributed by atoms with E-state index in [0.717, 1.165) is 17.7 Å². The first-order valence-electron chi connectivity index (χ1n) is 8.97. The zero-order chi connectivity index (χ0) is 21.1. The van der Waals surface area contributed by atoms with Crippen LogP contribution in [-0.4, -0.2) is 50.2 Å². The van der Waals surface area contributed by atoms with Crippen molar-refractivity contribution in [1.29, 1.82) is 0 Å².